The summed E-state index contributed by atoms with van der Waals surface area (Å²) in [7, 11) is 0. The minimum atomic E-state index is -0.0832. The van der Waals surface area contributed by atoms with Crippen molar-refractivity contribution in [2.75, 3.05) is 32.7 Å². The first-order chi connectivity index (χ1) is 10.3. The summed E-state index contributed by atoms with van der Waals surface area (Å²) < 4.78 is 0. The number of rotatable bonds is 7. The molecule has 1 unspecified atom stereocenters. The van der Waals surface area contributed by atoms with Crippen molar-refractivity contribution >= 4 is 5.91 Å². The molecule has 1 fully saturated rings. The van der Waals surface area contributed by atoms with Crippen LogP contribution in [-0.2, 0) is 4.79 Å². The minimum absolute atomic E-state index is 0.0811. The van der Waals surface area contributed by atoms with Crippen molar-refractivity contribution in [2.24, 2.45) is 21.9 Å². The Kier molecular flexibility index (Phi) is 6.32. The molecule has 0 aromatic heterocycles. The van der Waals surface area contributed by atoms with Gasteiger partial charge in [-0.3, -0.25) is 4.79 Å². The molecule has 118 valence electrons. The second-order valence-electron chi connectivity index (χ2n) is 5.68. The van der Waals surface area contributed by atoms with Gasteiger partial charge in [0.05, 0.1) is 11.6 Å². The van der Waals surface area contributed by atoms with Crippen molar-refractivity contribution in [3.05, 3.63) is 11.8 Å². The van der Waals surface area contributed by atoms with Crippen LogP contribution in [0, 0.1) is 5.92 Å². The van der Waals surface area contributed by atoms with Crippen LogP contribution in [0.2, 0.25) is 0 Å². The number of piperazine rings is 1. The fourth-order valence-electron chi connectivity index (χ4n) is 2.86. The van der Waals surface area contributed by atoms with E-state index in [1.165, 1.54) is 0 Å². The van der Waals surface area contributed by atoms with Crippen molar-refractivity contribution in [1.29, 1.82) is 0 Å². The molecule has 21 heavy (non-hydrogen) atoms. The molecule has 2 rings (SSSR count). The Morgan fingerprint density at radius 1 is 1.48 bits per heavy atom. The topological polar surface area (TPSA) is 83.1 Å². The maximum absolute atomic E-state index is 12.8. The van der Waals surface area contributed by atoms with Crippen LogP contribution in [0.5, 0.6) is 0 Å². The van der Waals surface area contributed by atoms with E-state index in [0.29, 0.717) is 6.54 Å². The lowest BCUT2D eigenvalue weighted by molar-refractivity contribution is -0.136. The van der Waals surface area contributed by atoms with Crippen molar-refractivity contribution in [1.82, 2.24) is 10.2 Å². The van der Waals surface area contributed by atoms with E-state index in [2.05, 4.69) is 28.5 Å². The molecule has 2 aliphatic heterocycles. The van der Waals surface area contributed by atoms with Gasteiger partial charge in [0, 0.05) is 26.2 Å². The van der Waals surface area contributed by atoms with Crippen molar-refractivity contribution in [2.45, 2.75) is 38.6 Å². The molecule has 6 heteroatoms. The first-order valence-corrected chi connectivity index (χ1v) is 8.07. The van der Waals surface area contributed by atoms with E-state index in [0.717, 1.165) is 57.6 Å². The summed E-state index contributed by atoms with van der Waals surface area (Å²) in [6, 6.07) is -0.0832. The van der Waals surface area contributed by atoms with Crippen molar-refractivity contribution in [3.8, 4) is 0 Å². The molecule has 0 bridgehead atoms. The van der Waals surface area contributed by atoms with Crippen molar-refractivity contribution < 1.29 is 4.79 Å². The Labute approximate surface area is 126 Å². The molecule has 0 aliphatic carbocycles. The predicted molar refractivity (Wildman–Crippen MR) is 82.9 cm³/mol. The fraction of sp³-hybridized carbons (Fsp3) is 0.800. The Bertz CT molecular complexity index is 401. The van der Waals surface area contributed by atoms with Crippen molar-refractivity contribution in [3.63, 3.8) is 0 Å². The number of unbranched alkanes of at least 4 members (excludes halogenated alkanes) is 1. The summed E-state index contributed by atoms with van der Waals surface area (Å²) in [5.74, 6) is 0.147. The maximum atomic E-state index is 12.8. The summed E-state index contributed by atoms with van der Waals surface area (Å²) in [6.45, 7) is 6.08. The molecule has 0 radical (unpaired) electrons. The largest absolute Gasteiger partial charge is 0.340 e. The van der Waals surface area contributed by atoms with Gasteiger partial charge >= 0.3 is 0 Å². The van der Waals surface area contributed by atoms with Gasteiger partial charge in [0.15, 0.2) is 0 Å². The third-order valence-corrected chi connectivity index (χ3v) is 4.17. The molecule has 2 heterocycles. The van der Waals surface area contributed by atoms with Crippen LogP contribution in [0.15, 0.2) is 22.0 Å². The number of nitrogens with zero attached hydrogens (tertiary/aromatic N) is 3. The van der Waals surface area contributed by atoms with Gasteiger partial charge in [-0.15, -0.1) is 0 Å². The van der Waals surface area contributed by atoms with E-state index in [9.17, 15) is 4.79 Å². The van der Waals surface area contributed by atoms with Crippen LogP contribution in [0.1, 0.15) is 32.6 Å². The van der Waals surface area contributed by atoms with E-state index in [1.54, 1.807) is 0 Å². The molecule has 1 amide bonds. The molecule has 0 aromatic rings. The highest BCUT2D eigenvalue weighted by molar-refractivity contribution is 5.80. The Balaban J connectivity index is 2.02. The van der Waals surface area contributed by atoms with Crippen LogP contribution >= 0.6 is 0 Å². The van der Waals surface area contributed by atoms with Gasteiger partial charge in [0.1, 0.15) is 6.04 Å². The van der Waals surface area contributed by atoms with Crippen LogP contribution in [0.3, 0.4) is 0 Å². The first-order valence-electron chi connectivity index (χ1n) is 8.07. The lowest BCUT2D eigenvalue weighted by atomic mass is 9.92. The molecule has 3 N–H and O–H groups in total. The molecular weight excluding hydrogens is 266 g/mol. The zero-order valence-electron chi connectivity index (χ0n) is 12.9. The molecule has 2 atom stereocenters. The predicted octanol–water partition coefficient (Wildman–Crippen LogP) is 1.29. The Morgan fingerprint density at radius 2 is 2.24 bits per heavy atom. The zero-order valence-corrected chi connectivity index (χ0v) is 12.9. The number of hydrogen-bond acceptors (Lipinski definition) is 5. The van der Waals surface area contributed by atoms with E-state index >= 15 is 0 Å². The van der Waals surface area contributed by atoms with Crippen LogP contribution in [0.25, 0.3) is 0 Å². The number of nitrogens with two attached hydrogens (primary N) is 1. The number of nitrogens with one attached hydrogen (secondary N) is 1. The van der Waals surface area contributed by atoms with Gasteiger partial charge in [-0.05, 0) is 31.9 Å². The molecular formula is C15H27N5O. The average molecular weight is 293 g/mol. The van der Waals surface area contributed by atoms with E-state index in [1.807, 2.05) is 4.90 Å². The van der Waals surface area contributed by atoms with Crippen LogP contribution < -0.4 is 11.1 Å². The summed E-state index contributed by atoms with van der Waals surface area (Å²) in [5.41, 5.74) is 6.57. The monoisotopic (exact) mass is 293 g/mol. The quantitative estimate of drug-likeness (QED) is 0.694. The molecule has 2 aliphatic rings. The van der Waals surface area contributed by atoms with E-state index in [4.69, 9.17) is 5.73 Å². The number of azo groups is 1. The highest BCUT2D eigenvalue weighted by atomic mass is 16.2. The second-order valence-corrected chi connectivity index (χ2v) is 5.68. The van der Waals surface area contributed by atoms with Crippen LogP contribution in [0.4, 0.5) is 0 Å². The summed E-state index contributed by atoms with van der Waals surface area (Å²) in [6.07, 6.45) is 5.71. The van der Waals surface area contributed by atoms with Gasteiger partial charge in [-0.2, -0.15) is 10.2 Å². The Morgan fingerprint density at radius 3 is 2.86 bits per heavy atom. The fourth-order valence-corrected chi connectivity index (χ4v) is 2.86. The highest BCUT2D eigenvalue weighted by Gasteiger charge is 2.32. The molecule has 0 saturated carbocycles. The SMILES string of the molecule is CCC1=CC([C@@H](CCCCN)C(=O)N2CCNCC2)N=N1. The molecule has 1 saturated heterocycles. The number of carbonyl (C=O) groups excluding carboxylic acids is 1. The average Bonchev–Trinajstić information content (AvgIpc) is 3.00. The number of allylic oxidation sites excluding steroid dienone is 1. The Hall–Kier alpha value is -1.27. The maximum Gasteiger partial charge on any atom is 0.228 e. The number of hydrogen-bond donors (Lipinski definition) is 2. The van der Waals surface area contributed by atoms with E-state index < -0.39 is 0 Å². The second kappa shape index (κ2) is 8.24. The summed E-state index contributed by atoms with van der Waals surface area (Å²) in [4.78, 5) is 14.8. The summed E-state index contributed by atoms with van der Waals surface area (Å²) in [5, 5.41) is 11.8. The third kappa shape index (κ3) is 4.35. The van der Waals surface area contributed by atoms with E-state index in [-0.39, 0.29) is 17.9 Å². The lowest BCUT2D eigenvalue weighted by Gasteiger charge is -2.31. The lowest BCUT2D eigenvalue weighted by Crippen LogP contribution is -2.49. The number of amides is 1. The highest BCUT2D eigenvalue weighted by Crippen LogP contribution is 2.26. The molecule has 0 aromatic carbocycles. The van der Waals surface area contributed by atoms with Gasteiger partial charge < -0.3 is 16.0 Å². The molecule has 6 nitrogen and oxygen atoms in total. The summed E-state index contributed by atoms with van der Waals surface area (Å²) >= 11 is 0. The minimum Gasteiger partial charge on any atom is -0.340 e. The third-order valence-electron chi connectivity index (χ3n) is 4.17. The molecule has 0 spiro atoms. The van der Waals surface area contributed by atoms with Gasteiger partial charge in [-0.1, -0.05) is 13.3 Å². The number of carbonyl (C=O) groups is 1. The van der Waals surface area contributed by atoms with Crippen LogP contribution in [-0.4, -0.2) is 49.6 Å². The normalized spacial score (nSPS) is 23.2. The standard InChI is InChI=1S/C15H27N5O/c1-2-12-11-14(19-18-12)13(5-3-4-6-16)15(21)20-9-7-17-8-10-20/h11,13-14,17H,2-10,16H2,1H3/t13-,14?/m1/s1. The zero-order chi connectivity index (χ0) is 15.1. The van der Waals surface area contributed by atoms with Gasteiger partial charge in [0.2, 0.25) is 5.91 Å². The smallest absolute Gasteiger partial charge is 0.228 e. The van der Waals surface area contributed by atoms with Gasteiger partial charge in [-0.25, -0.2) is 0 Å². The first kappa shape index (κ1) is 16.1. The van der Waals surface area contributed by atoms with Gasteiger partial charge in [0.25, 0.3) is 0 Å².